The van der Waals surface area contributed by atoms with Crippen LogP contribution in [0.1, 0.15) is 19.4 Å². The number of fused-ring (bicyclic) bond motifs is 1. The number of halogens is 1. The molecule has 0 radical (unpaired) electrons. The first-order valence-electron chi connectivity index (χ1n) is 4.78. The molecule has 1 nitrogen and oxygen atoms in total. The number of benzene rings is 1. The molecule has 2 rings (SSSR count). The molecule has 0 atom stereocenters. The van der Waals surface area contributed by atoms with Crippen LogP contribution in [-0.4, -0.2) is 4.98 Å². The third-order valence-corrected chi connectivity index (χ3v) is 2.10. The van der Waals surface area contributed by atoms with Crippen LogP contribution in [0.5, 0.6) is 0 Å². The molecule has 0 unspecified atom stereocenters. The van der Waals surface area contributed by atoms with Crippen molar-refractivity contribution in [2.75, 3.05) is 0 Å². The van der Waals surface area contributed by atoms with Crippen molar-refractivity contribution in [1.82, 2.24) is 4.98 Å². The number of aromatic nitrogens is 1. The molecule has 0 aliphatic heterocycles. The van der Waals surface area contributed by atoms with Gasteiger partial charge in [0.1, 0.15) is 0 Å². The van der Waals surface area contributed by atoms with Gasteiger partial charge in [0.15, 0.2) is 0 Å². The molecule has 0 spiro atoms. The predicted molar refractivity (Wildman–Crippen MR) is 62.8 cm³/mol. The second kappa shape index (κ2) is 4.97. The standard InChI is InChI=1S/C10H8ClN.C2H6/c1-7-5-8-3-2-4-9(11)10(8)12-6-7;1-2/h2-6H,1H3;1-2H3. The fourth-order valence-corrected chi connectivity index (χ4v) is 1.46. The highest BCUT2D eigenvalue weighted by molar-refractivity contribution is 6.35. The minimum absolute atomic E-state index is 0.715. The van der Waals surface area contributed by atoms with Gasteiger partial charge in [0, 0.05) is 11.6 Å². The zero-order valence-corrected chi connectivity index (χ0v) is 9.47. The smallest absolute Gasteiger partial charge is 0.0888 e. The van der Waals surface area contributed by atoms with Crippen LogP contribution in [0.25, 0.3) is 10.9 Å². The molecule has 2 heteroatoms. The Kier molecular flexibility index (Phi) is 3.90. The topological polar surface area (TPSA) is 12.9 Å². The molecule has 1 aromatic carbocycles. The maximum Gasteiger partial charge on any atom is 0.0888 e. The van der Waals surface area contributed by atoms with Gasteiger partial charge in [0.05, 0.1) is 10.5 Å². The lowest BCUT2D eigenvalue weighted by molar-refractivity contribution is 1.33. The molecule has 0 aliphatic rings. The van der Waals surface area contributed by atoms with E-state index in [2.05, 4.69) is 11.1 Å². The number of hydrogen-bond donors (Lipinski definition) is 0. The number of rotatable bonds is 0. The van der Waals surface area contributed by atoms with Gasteiger partial charge in [0.25, 0.3) is 0 Å². The monoisotopic (exact) mass is 207 g/mol. The van der Waals surface area contributed by atoms with Crippen LogP contribution in [0.3, 0.4) is 0 Å². The number of para-hydroxylation sites is 1. The highest BCUT2D eigenvalue weighted by Crippen LogP contribution is 2.21. The maximum absolute atomic E-state index is 5.95. The van der Waals surface area contributed by atoms with E-state index >= 15 is 0 Å². The van der Waals surface area contributed by atoms with Crippen LogP contribution in [0.4, 0.5) is 0 Å². The summed E-state index contributed by atoms with van der Waals surface area (Å²) in [4.78, 5) is 4.25. The quantitative estimate of drug-likeness (QED) is 0.630. The van der Waals surface area contributed by atoms with E-state index in [-0.39, 0.29) is 0 Å². The average molecular weight is 208 g/mol. The van der Waals surface area contributed by atoms with Crippen molar-refractivity contribution in [3.05, 3.63) is 41.0 Å². The first-order chi connectivity index (χ1) is 6.77. The van der Waals surface area contributed by atoms with Crippen LogP contribution in [0, 0.1) is 6.92 Å². The Labute approximate surface area is 89.7 Å². The summed E-state index contributed by atoms with van der Waals surface area (Å²) in [6.45, 7) is 6.02. The summed E-state index contributed by atoms with van der Waals surface area (Å²) in [5.74, 6) is 0. The predicted octanol–water partition coefficient (Wildman–Crippen LogP) is 4.22. The van der Waals surface area contributed by atoms with Crippen LogP contribution >= 0.6 is 11.6 Å². The summed E-state index contributed by atoms with van der Waals surface area (Å²) in [7, 11) is 0. The van der Waals surface area contributed by atoms with Crippen molar-refractivity contribution >= 4 is 22.5 Å². The van der Waals surface area contributed by atoms with Crippen molar-refractivity contribution in [2.45, 2.75) is 20.8 Å². The van der Waals surface area contributed by atoms with Gasteiger partial charge in [-0.25, -0.2) is 0 Å². The second-order valence-corrected chi connectivity index (χ2v) is 3.23. The van der Waals surface area contributed by atoms with Gasteiger partial charge in [0.2, 0.25) is 0 Å². The van der Waals surface area contributed by atoms with Gasteiger partial charge in [-0.05, 0) is 24.6 Å². The van der Waals surface area contributed by atoms with Crippen LogP contribution in [0.15, 0.2) is 30.5 Å². The summed E-state index contributed by atoms with van der Waals surface area (Å²) >= 11 is 5.95. The molecule has 0 aliphatic carbocycles. The summed E-state index contributed by atoms with van der Waals surface area (Å²) in [6.07, 6.45) is 1.83. The van der Waals surface area contributed by atoms with E-state index in [1.54, 1.807) is 0 Å². The minimum Gasteiger partial charge on any atom is -0.254 e. The largest absolute Gasteiger partial charge is 0.254 e. The van der Waals surface area contributed by atoms with E-state index in [9.17, 15) is 0 Å². The Balaban J connectivity index is 0.000000461. The summed E-state index contributed by atoms with van der Waals surface area (Å²) in [5, 5.41) is 1.81. The fraction of sp³-hybridized carbons (Fsp3) is 0.250. The van der Waals surface area contributed by atoms with Crippen molar-refractivity contribution in [2.24, 2.45) is 0 Å². The van der Waals surface area contributed by atoms with E-state index in [1.165, 1.54) is 0 Å². The molecule has 0 saturated carbocycles. The van der Waals surface area contributed by atoms with E-state index in [1.807, 2.05) is 45.2 Å². The molecule has 1 heterocycles. The third kappa shape index (κ3) is 2.24. The second-order valence-electron chi connectivity index (χ2n) is 2.82. The van der Waals surface area contributed by atoms with E-state index in [0.717, 1.165) is 16.5 Å². The van der Waals surface area contributed by atoms with Gasteiger partial charge in [-0.15, -0.1) is 0 Å². The van der Waals surface area contributed by atoms with Crippen LogP contribution < -0.4 is 0 Å². The van der Waals surface area contributed by atoms with E-state index in [0.29, 0.717) is 5.02 Å². The molecule has 0 saturated heterocycles. The number of pyridine rings is 1. The van der Waals surface area contributed by atoms with Gasteiger partial charge in [-0.2, -0.15) is 0 Å². The van der Waals surface area contributed by atoms with Crippen molar-refractivity contribution in [3.63, 3.8) is 0 Å². The Hall–Kier alpha value is -1.08. The lowest BCUT2D eigenvalue weighted by Gasteiger charge is -1.99. The van der Waals surface area contributed by atoms with Crippen LogP contribution in [0.2, 0.25) is 5.02 Å². The Morgan fingerprint density at radius 2 is 1.93 bits per heavy atom. The minimum atomic E-state index is 0.715. The van der Waals surface area contributed by atoms with E-state index < -0.39 is 0 Å². The Morgan fingerprint density at radius 1 is 1.21 bits per heavy atom. The lowest BCUT2D eigenvalue weighted by Crippen LogP contribution is -1.81. The van der Waals surface area contributed by atoms with Gasteiger partial charge in [-0.1, -0.05) is 37.6 Å². The average Bonchev–Trinajstić information content (AvgIpc) is 2.21. The Bertz CT molecular complexity index is 424. The summed E-state index contributed by atoms with van der Waals surface area (Å²) in [5.41, 5.74) is 2.04. The van der Waals surface area contributed by atoms with Crippen LogP contribution in [-0.2, 0) is 0 Å². The normalized spacial score (nSPS) is 9.43. The van der Waals surface area contributed by atoms with Gasteiger partial charge in [-0.3, -0.25) is 4.98 Å². The molecule has 14 heavy (non-hydrogen) atoms. The maximum atomic E-state index is 5.95. The summed E-state index contributed by atoms with van der Waals surface area (Å²) < 4.78 is 0. The first kappa shape index (κ1) is 11.0. The summed E-state index contributed by atoms with van der Waals surface area (Å²) in [6, 6.07) is 7.88. The molecule has 74 valence electrons. The van der Waals surface area contributed by atoms with Crippen molar-refractivity contribution in [3.8, 4) is 0 Å². The SMILES string of the molecule is CC.Cc1cnc2c(Cl)cccc2c1. The number of aryl methyl sites for hydroxylation is 1. The number of nitrogens with zero attached hydrogens (tertiary/aromatic N) is 1. The third-order valence-electron chi connectivity index (χ3n) is 1.80. The van der Waals surface area contributed by atoms with Gasteiger partial charge < -0.3 is 0 Å². The lowest BCUT2D eigenvalue weighted by atomic mass is 10.2. The fourth-order valence-electron chi connectivity index (χ4n) is 1.23. The molecule has 0 fully saturated rings. The van der Waals surface area contributed by atoms with E-state index in [4.69, 9.17) is 11.6 Å². The first-order valence-corrected chi connectivity index (χ1v) is 5.16. The molecular formula is C12H14ClN. The highest BCUT2D eigenvalue weighted by Gasteiger charge is 1.98. The van der Waals surface area contributed by atoms with Crippen molar-refractivity contribution < 1.29 is 0 Å². The number of hydrogen-bond acceptors (Lipinski definition) is 1. The molecule has 2 aromatic rings. The molecular weight excluding hydrogens is 194 g/mol. The molecule has 0 N–H and O–H groups in total. The zero-order chi connectivity index (χ0) is 10.6. The molecule has 0 bridgehead atoms. The zero-order valence-electron chi connectivity index (χ0n) is 8.71. The molecule has 0 amide bonds. The Morgan fingerprint density at radius 3 is 2.64 bits per heavy atom. The molecule has 1 aromatic heterocycles. The highest BCUT2D eigenvalue weighted by atomic mass is 35.5. The van der Waals surface area contributed by atoms with Gasteiger partial charge >= 0.3 is 0 Å². The van der Waals surface area contributed by atoms with Crippen molar-refractivity contribution in [1.29, 1.82) is 0 Å².